The number of carbonyl (C=O) groups excluding carboxylic acids is 1. The van der Waals surface area contributed by atoms with Gasteiger partial charge in [-0.15, -0.1) is 0 Å². The van der Waals surface area contributed by atoms with Gasteiger partial charge in [-0.05, 0) is 17.7 Å². The third-order valence-corrected chi connectivity index (χ3v) is 5.91. The number of hydrogen-bond acceptors (Lipinski definition) is 17. The maximum absolute atomic E-state index is 12.3. The minimum Gasteiger partial charge on any atom is -0.504 e. The number of carbonyl (C=O) groups is 1. The van der Waals surface area contributed by atoms with E-state index in [1.165, 1.54) is 24.3 Å². The van der Waals surface area contributed by atoms with Crippen LogP contribution in [-0.2, 0) is 23.4 Å². The number of nitrogen functional groups attached to an aromatic ring is 1. The van der Waals surface area contributed by atoms with Gasteiger partial charge >= 0.3 is 0 Å². The molecule has 0 unspecified atom stereocenters. The summed E-state index contributed by atoms with van der Waals surface area (Å²) in [5.41, 5.74) is 3.83. The number of phenols is 5. The Labute approximate surface area is 221 Å². The third-order valence-electron chi connectivity index (χ3n) is 5.23. The SMILES string of the molecule is Nc1nc(C(O)(O)C(=O)Nc2ccc(CC(O)(O)NC(O)(O)Cc3c(O)c(O)c(O)c(O)c3O)cc2)c(O)s1. The minimum absolute atomic E-state index is 0.00934. The first-order valence-corrected chi connectivity index (χ1v) is 11.3. The molecule has 0 aliphatic carbocycles. The molecular formula is C21H24N4O13S. The van der Waals surface area contributed by atoms with E-state index in [-0.39, 0.29) is 16.4 Å². The fourth-order valence-corrected chi connectivity index (χ4v) is 4.05. The molecule has 39 heavy (non-hydrogen) atoms. The average molecular weight is 573 g/mol. The highest BCUT2D eigenvalue weighted by Crippen LogP contribution is 2.51. The predicted octanol–water partition coefficient (Wildman–Crippen LogP) is -2.61. The standard InChI is InChI=1S/C21H24N4O13S/c22-18-24-15(16(31)39-18)21(37,38)17(32)23-8-3-1-7(2-4-8)5-19(33,34)25-20(35,36)6-9-10(26)12(28)14(30)13(29)11(9)27/h1-4,25-31,33-38H,5-6H2,(H2,22,24)(H,23,32). The van der Waals surface area contributed by atoms with Gasteiger partial charge < -0.3 is 72.3 Å². The number of aromatic hydroxyl groups is 6. The Kier molecular flexibility index (Phi) is 7.70. The van der Waals surface area contributed by atoms with E-state index in [9.17, 15) is 66.1 Å². The molecular weight excluding hydrogens is 548 g/mol. The zero-order valence-electron chi connectivity index (χ0n) is 19.4. The zero-order chi connectivity index (χ0) is 29.5. The maximum atomic E-state index is 12.3. The first-order valence-electron chi connectivity index (χ1n) is 10.5. The summed E-state index contributed by atoms with van der Waals surface area (Å²) in [7, 11) is 0. The van der Waals surface area contributed by atoms with Crippen molar-refractivity contribution in [2.75, 3.05) is 11.1 Å². The molecule has 2 aromatic carbocycles. The smallest absolute Gasteiger partial charge is 0.294 e. The molecule has 3 aromatic rings. The molecule has 0 saturated carbocycles. The Hall–Kier alpha value is -4.14. The van der Waals surface area contributed by atoms with Crippen molar-refractivity contribution in [3.05, 3.63) is 41.1 Å². The number of benzene rings is 2. The van der Waals surface area contributed by atoms with E-state index in [2.05, 4.69) is 10.3 Å². The first-order chi connectivity index (χ1) is 17.8. The van der Waals surface area contributed by atoms with Crippen LogP contribution in [0.15, 0.2) is 24.3 Å². The molecule has 0 bridgehead atoms. The van der Waals surface area contributed by atoms with E-state index >= 15 is 0 Å². The van der Waals surface area contributed by atoms with Crippen molar-refractivity contribution in [3.63, 3.8) is 0 Å². The van der Waals surface area contributed by atoms with Crippen LogP contribution in [-0.4, -0.2) is 84.0 Å². The van der Waals surface area contributed by atoms with Crippen LogP contribution in [0.3, 0.4) is 0 Å². The van der Waals surface area contributed by atoms with Crippen molar-refractivity contribution in [2.24, 2.45) is 0 Å². The highest BCUT2D eigenvalue weighted by molar-refractivity contribution is 7.17. The van der Waals surface area contributed by atoms with Crippen molar-refractivity contribution >= 4 is 28.1 Å². The molecule has 0 spiro atoms. The predicted molar refractivity (Wildman–Crippen MR) is 129 cm³/mol. The quantitative estimate of drug-likeness (QED) is 0.0709. The summed E-state index contributed by atoms with van der Waals surface area (Å²) in [4.78, 5) is 15.8. The lowest BCUT2D eigenvalue weighted by Gasteiger charge is -2.32. The van der Waals surface area contributed by atoms with Gasteiger partial charge in [-0.2, -0.15) is 0 Å². The molecule has 16 N–H and O–H groups in total. The minimum atomic E-state index is -3.28. The Morgan fingerprint density at radius 2 is 1.28 bits per heavy atom. The molecule has 3 rings (SSSR count). The number of amides is 1. The van der Waals surface area contributed by atoms with Crippen LogP contribution in [0.2, 0.25) is 0 Å². The molecule has 0 atom stereocenters. The number of aromatic nitrogens is 1. The van der Waals surface area contributed by atoms with Crippen LogP contribution < -0.4 is 16.4 Å². The monoisotopic (exact) mass is 572 g/mol. The average Bonchev–Trinajstić information content (AvgIpc) is 3.18. The van der Waals surface area contributed by atoms with E-state index in [4.69, 9.17) is 5.73 Å². The van der Waals surface area contributed by atoms with Gasteiger partial charge in [0.15, 0.2) is 22.3 Å². The highest BCUT2D eigenvalue weighted by Gasteiger charge is 2.42. The molecule has 0 radical (unpaired) electrons. The first kappa shape index (κ1) is 29.4. The molecule has 18 heteroatoms. The number of anilines is 2. The van der Waals surface area contributed by atoms with E-state index in [0.717, 1.165) is 0 Å². The number of thiazole rings is 1. The van der Waals surface area contributed by atoms with Crippen molar-refractivity contribution in [1.82, 2.24) is 10.3 Å². The van der Waals surface area contributed by atoms with Gasteiger partial charge in [-0.1, -0.05) is 23.5 Å². The van der Waals surface area contributed by atoms with Gasteiger partial charge in [0.2, 0.25) is 34.1 Å². The number of nitrogens with two attached hydrogens (primary N) is 1. The Bertz CT molecular complexity index is 1360. The van der Waals surface area contributed by atoms with Crippen LogP contribution in [0.25, 0.3) is 0 Å². The molecule has 1 aromatic heterocycles. The Morgan fingerprint density at radius 3 is 1.77 bits per heavy atom. The van der Waals surface area contributed by atoms with E-state index in [0.29, 0.717) is 11.3 Å². The van der Waals surface area contributed by atoms with Crippen LogP contribution in [0.1, 0.15) is 16.8 Å². The van der Waals surface area contributed by atoms with Gasteiger partial charge in [-0.3, -0.25) is 4.79 Å². The second-order valence-corrected chi connectivity index (χ2v) is 9.37. The molecule has 0 saturated heterocycles. The van der Waals surface area contributed by atoms with Crippen LogP contribution in [0.4, 0.5) is 10.8 Å². The lowest BCUT2D eigenvalue weighted by molar-refractivity contribution is -0.284. The van der Waals surface area contributed by atoms with Crippen molar-refractivity contribution in [3.8, 4) is 33.8 Å². The summed E-state index contributed by atoms with van der Waals surface area (Å²) < 4.78 is 0. The van der Waals surface area contributed by atoms with Gasteiger partial charge in [0.1, 0.15) is 0 Å². The molecule has 0 aliphatic rings. The normalized spacial score (nSPS) is 12.5. The summed E-state index contributed by atoms with van der Waals surface area (Å²) in [5, 5.41) is 122. The lowest BCUT2D eigenvalue weighted by atomic mass is 10.0. The molecule has 1 heterocycles. The molecule has 0 aliphatic heterocycles. The Morgan fingerprint density at radius 1 is 0.795 bits per heavy atom. The van der Waals surface area contributed by atoms with Crippen LogP contribution >= 0.6 is 11.3 Å². The molecule has 0 fully saturated rings. The molecule has 212 valence electrons. The second-order valence-electron chi connectivity index (χ2n) is 8.36. The summed E-state index contributed by atoms with van der Waals surface area (Å²) >= 11 is 0.510. The van der Waals surface area contributed by atoms with Crippen molar-refractivity contribution < 1.29 is 66.1 Å². The lowest BCUT2D eigenvalue weighted by Crippen LogP contribution is -2.60. The summed E-state index contributed by atoms with van der Waals surface area (Å²) in [6.07, 6.45) is -1.96. The third kappa shape index (κ3) is 6.30. The second kappa shape index (κ2) is 10.2. The van der Waals surface area contributed by atoms with Crippen molar-refractivity contribution in [2.45, 2.75) is 30.5 Å². The molecule has 1 amide bonds. The van der Waals surface area contributed by atoms with Gasteiger partial charge in [0, 0.05) is 18.5 Å². The summed E-state index contributed by atoms with van der Waals surface area (Å²) in [6, 6.07) is 4.88. The van der Waals surface area contributed by atoms with Gasteiger partial charge in [-0.25, -0.2) is 10.3 Å². The summed E-state index contributed by atoms with van der Waals surface area (Å²) in [6.45, 7) is 0. The van der Waals surface area contributed by atoms with Crippen molar-refractivity contribution in [1.29, 1.82) is 0 Å². The Balaban J connectivity index is 1.69. The number of aliphatic hydroxyl groups is 6. The van der Waals surface area contributed by atoms with Crippen LogP contribution in [0, 0.1) is 0 Å². The number of phenolic OH excluding ortho intramolecular Hbond substituents is 5. The molecule has 17 nitrogen and oxygen atoms in total. The van der Waals surface area contributed by atoms with E-state index < -0.39 is 81.4 Å². The fraction of sp³-hybridized carbons (Fsp3) is 0.238. The highest BCUT2D eigenvalue weighted by atomic mass is 32.1. The van der Waals surface area contributed by atoms with E-state index in [1.54, 1.807) is 5.32 Å². The number of nitrogens with zero attached hydrogens (tertiary/aromatic N) is 1. The zero-order valence-corrected chi connectivity index (χ0v) is 20.2. The van der Waals surface area contributed by atoms with E-state index in [1.807, 2.05) is 0 Å². The number of nitrogens with one attached hydrogen (secondary N) is 2. The maximum Gasteiger partial charge on any atom is 0.294 e. The number of hydrogen-bond donors (Lipinski definition) is 15. The summed E-state index contributed by atoms with van der Waals surface area (Å²) in [5.74, 6) is -17.3. The van der Waals surface area contributed by atoms with Crippen LogP contribution in [0.5, 0.6) is 33.8 Å². The van der Waals surface area contributed by atoms with Gasteiger partial charge in [0.05, 0.1) is 5.56 Å². The topological polar surface area (TPSA) is 323 Å². The van der Waals surface area contributed by atoms with Gasteiger partial charge in [0.25, 0.3) is 11.7 Å². The fourth-order valence-electron chi connectivity index (χ4n) is 3.43. The largest absolute Gasteiger partial charge is 0.504 e. The number of rotatable bonds is 9.